The van der Waals surface area contributed by atoms with Crippen molar-refractivity contribution in [1.29, 1.82) is 0 Å². The van der Waals surface area contributed by atoms with Crippen molar-refractivity contribution in [2.75, 3.05) is 7.11 Å². The number of amides is 1. The standard InChI is InChI=1S/C14H17N3O3/c1-3-6-13-16-12(17-20-13)9-15-14(18)10-7-4-5-8-11(10)19-2/h4-5,7-8H,3,6,9H2,1-2H3,(H,15,18). The summed E-state index contributed by atoms with van der Waals surface area (Å²) in [7, 11) is 1.53. The van der Waals surface area contributed by atoms with Crippen molar-refractivity contribution < 1.29 is 14.1 Å². The van der Waals surface area contributed by atoms with Crippen molar-refractivity contribution >= 4 is 5.91 Å². The van der Waals surface area contributed by atoms with Crippen molar-refractivity contribution in [3.05, 3.63) is 41.5 Å². The number of hydrogen-bond donors (Lipinski definition) is 1. The molecule has 0 bridgehead atoms. The van der Waals surface area contributed by atoms with Gasteiger partial charge in [-0.1, -0.05) is 24.2 Å². The topological polar surface area (TPSA) is 77.2 Å². The lowest BCUT2D eigenvalue weighted by Crippen LogP contribution is -2.23. The molecule has 0 aliphatic heterocycles. The molecule has 0 unspecified atom stereocenters. The van der Waals surface area contributed by atoms with E-state index in [4.69, 9.17) is 9.26 Å². The van der Waals surface area contributed by atoms with Gasteiger partial charge in [-0.25, -0.2) is 0 Å². The van der Waals surface area contributed by atoms with Crippen LogP contribution in [0.1, 0.15) is 35.4 Å². The minimum Gasteiger partial charge on any atom is -0.496 e. The lowest BCUT2D eigenvalue weighted by atomic mass is 10.2. The molecule has 1 N–H and O–H groups in total. The Kier molecular flexibility index (Phi) is 4.70. The maximum atomic E-state index is 12.1. The number of ether oxygens (including phenoxy) is 1. The number of hydrogen-bond acceptors (Lipinski definition) is 5. The summed E-state index contributed by atoms with van der Waals surface area (Å²) in [6, 6.07) is 7.03. The van der Waals surface area contributed by atoms with E-state index in [0.29, 0.717) is 23.0 Å². The Balaban J connectivity index is 1.97. The molecule has 0 atom stereocenters. The highest BCUT2D eigenvalue weighted by Crippen LogP contribution is 2.16. The molecule has 0 aliphatic rings. The zero-order chi connectivity index (χ0) is 14.4. The molecule has 1 heterocycles. The van der Waals surface area contributed by atoms with Gasteiger partial charge in [0.2, 0.25) is 5.89 Å². The summed E-state index contributed by atoms with van der Waals surface area (Å²) in [5.74, 6) is 1.36. The highest BCUT2D eigenvalue weighted by atomic mass is 16.5. The van der Waals surface area contributed by atoms with Gasteiger partial charge in [0.1, 0.15) is 5.75 Å². The Morgan fingerprint density at radius 1 is 1.40 bits per heavy atom. The number of rotatable bonds is 6. The van der Waals surface area contributed by atoms with Gasteiger partial charge in [0.15, 0.2) is 5.82 Å². The lowest BCUT2D eigenvalue weighted by molar-refractivity contribution is 0.0946. The minimum atomic E-state index is -0.232. The predicted molar refractivity (Wildman–Crippen MR) is 72.5 cm³/mol. The number of aryl methyl sites for hydroxylation is 1. The fourth-order valence-electron chi connectivity index (χ4n) is 1.76. The minimum absolute atomic E-state index is 0.226. The first kappa shape index (κ1) is 14.0. The van der Waals surface area contributed by atoms with Crippen molar-refractivity contribution in [2.24, 2.45) is 0 Å². The Bertz CT molecular complexity index is 581. The fourth-order valence-corrected chi connectivity index (χ4v) is 1.76. The zero-order valence-corrected chi connectivity index (χ0v) is 11.5. The summed E-state index contributed by atoms with van der Waals surface area (Å²) < 4.78 is 10.2. The van der Waals surface area contributed by atoms with Gasteiger partial charge in [-0.3, -0.25) is 4.79 Å². The summed E-state index contributed by atoms with van der Waals surface area (Å²) >= 11 is 0. The summed E-state index contributed by atoms with van der Waals surface area (Å²) in [5, 5.41) is 6.55. The van der Waals surface area contributed by atoms with Gasteiger partial charge in [0, 0.05) is 6.42 Å². The van der Waals surface area contributed by atoms with Gasteiger partial charge in [0.05, 0.1) is 19.2 Å². The van der Waals surface area contributed by atoms with Crippen LogP contribution in [0.3, 0.4) is 0 Å². The van der Waals surface area contributed by atoms with Crippen LogP contribution < -0.4 is 10.1 Å². The predicted octanol–water partition coefficient (Wildman–Crippen LogP) is 1.96. The summed E-state index contributed by atoms with van der Waals surface area (Å²) in [6.07, 6.45) is 1.68. The second-order valence-corrected chi connectivity index (χ2v) is 4.24. The molecule has 1 amide bonds. The molecule has 1 aromatic heterocycles. The Morgan fingerprint density at radius 2 is 2.20 bits per heavy atom. The first-order chi connectivity index (χ1) is 9.74. The third-order valence-corrected chi connectivity index (χ3v) is 2.73. The number of aromatic nitrogens is 2. The third-order valence-electron chi connectivity index (χ3n) is 2.73. The van der Waals surface area contributed by atoms with Crippen LogP contribution in [0.15, 0.2) is 28.8 Å². The van der Waals surface area contributed by atoms with Crippen LogP contribution in [0.5, 0.6) is 5.75 Å². The number of carbonyl (C=O) groups excluding carboxylic acids is 1. The molecule has 2 aromatic rings. The van der Waals surface area contributed by atoms with Gasteiger partial charge in [-0.15, -0.1) is 0 Å². The van der Waals surface area contributed by atoms with Crippen LogP contribution >= 0.6 is 0 Å². The molecule has 0 radical (unpaired) electrons. The Labute approximate surface area is 117 Å². The van der Waals surface area contributed by atoms with Crippen molar-refractivity contribution in [2.45, 2.75) is 26.3 Å². The molecule has 6 nitrogen and oxygen atoms in total. The summed E-state index contributed by atoms with van der Waals surface area (Å²) in [6.45, 7) is 2.26. The van der Waals surface area contributed by atoms with Crippen LogP contribution in [-0.4, -0.2) is 23.2 Å². The molecule has 1 aromatic carbocycles. The highest BCUT2D eigenvalue weighted by molar-refractivity contribution is 5.96. The SMILES string of the molecule is CCCc1nc(CNC(=O)c2ccccc2OC)no1. The zero-order valence-electron chi connectivity index (χ0n) is 11.5. The van der Waals surface area contributed by atoms with Gasteiger partial charge in [-0.2, -0.15) is 4.98 Å². The first-order valence-electron chi connectivity index (χ1n) is 6.47. The first-order valence-corrected chi connectivity index (χ1v) is 6.47. The van der Waals surface area contributed by atoms with E-state index in [1.807, 2.05) is 13.0 Å². The van der Waals surface area contributed by atoms with E-state index >= 15 is 0 Å². The van der Waals surface area contributed by atoms with E-state index in [-0.39, 0.29) is 12.5 Å². The summed E-state index contributed by atoms with van der Waals surface area (Å²) in [5.41, 5.74) is 0.479. The van der Waals surface area contributed by atoms with Gasteiger partial charge >= 0.3 is 0 Å². The number of para-hydroxylation sites is 1. The summed E-state index contributed by atoms with van der Waals surface area (Å²) in [4.78, 5) is 16.2. The number of methoxy groups -OCH3 is 1. The average Bonchev–Trinajstić information content (AvgIpc) is 2.93. The molecule has 0 saturated heterocycles. The monoisotopic (exact) mass is 275 g/mol. The van der Waals surface area contributed by atoms with Crippen molar-refractivity contribution in [1.82, 2.24) is 15.5 Å². The number of carbonyl (C=O) groups is 1. The Morgan fingerprint density at radius 3 is 2.95 bits per heavy atom. The van der Waals surface area contributed by atoms with E-state index in [9.17, 15) is 4.79 Å². The normalized spacial score (nSPS) is 10.3. The second-order valence-electron chi connectivity index (χ2n) is 4.24. The molecule has 0 fully saturated rings. The lowest BCUT2D eigenvalue weighted by Gasteiger charge is -2.07. The van der Waals surface area contributed by atoms with E-state index < -0.39 is 0 Å². The maximum absolute atomic E-state index is 12.1. The molecule has 0 spiro atoms. The number of nitrogens with zero attached hydrogens (tertiary/aromatic N) is 2. The van der Waals surface area contributed by atoms with Crippen LogP contribution in [0.4, 0.5) is 0 Å². The number of benzene rings is 1. The Hall–Kier alpha value is -2.37. The highest BCUT2D eigenvalue weighted by Gasteiger charge is 2.12. The maximum Gasteiger partial charge on any atom is 0.255 e. The van der Waals surface area contributed by atoms with Crippen LogP contribution in [-0.2, 0) is 13.0 Å². The van der Waals surface area contributed by atoms with Gasteiger partial charge in [-0.05, 0) is 18.6 Å². The van der Waals surface area contributed by atoms with Gasteiger partial charge in [0.25, 0.3) is 5.91 Å². The molecule has 0 aliphatic carbocycles. The van der Waals surface area contributed by atoms with Crippen LogP contribution in [0.2, 0.25) is 0 Å². The molecule has 106 valence electrons. The van der Waals surface area contributed by atoms with E-state index in [2.05, 4.69) is 15.5 Å². The molecule has 6 heteroatoms. The second kappa shape index (κ2) is 6.70. The van der Waals surface area contributed by atoms with Gasteiger partial charge < -0.3 is 14.6 Å². The van der Waals surface area contributed by atoms with Crippen molar-refractivity contribution in [3.63, 3.8) is 0 Å². The van der Waals surface area contributed by atoms with Crippen molar-refractivity contribution in [3.8, 4) is 5.75 Å². The molecule has 20 heavy (non-hydrogen) atoms. The molecular weight excluding hydrogens is 258 g/mol. The molecule has 0 saturated carbocycles. The van der Waals surface area contributed by atoms with E-state index in [0.717, 1.165) is 12.8 Å². The molecule has 2 rings (SSSR count). The third kappa shape index (κ3) is 3.34. The van der Waals surface area contributed by atoms with E-state index in [1.54, 1.807) is 18.2 Å². The largest absolute Gasteiger partial charge is 0.496 e. The molecular formula is C14H17N3O3. The fraction of sp³-hybridized carbons (Fsp3) is 0.357. The van der Waals surface area contributed by atoms with E-state index in [1.165, 1.54) is 7.11 Å². The number of nitrogens with one attached hydrogen (secondary N) is 1. The quantitative estimate of drug-likeness (QED) is 0.872. The smallest absolute Gasteiger partial charge is 0.255 e. The average molecular weight is 275 g/mol. The van der Waals surface area contributed by atoms with Crippen LogP contribution in [0.25, 0.3) is 0 Å². The van der Waals surface area contributed by atoms with Crippen LogP contribution in [0, 0.1) is 0 Å².